The normalized spacial score (nSPS) is 9.77. The van der Waals surface area contributed by atoms with Gasteiger partial charge in [-0.05, 0) is 0 Å². The molecule has 154 valence electrons. The number of hydrogen-bond acceptors (Lipinski definition) is 6. The summed E-state index contributed by atoms with van der Waals surface area (Å²) in [6.07, 6.45) is 3.97. The molecule has 26 heavy (non-hydrogen) atoms. The molecule has 0 heterocycles. The summed E-state index contributed by atoms with van der Waals surface area (Å²) in [6, 6.07) is 0. The quantitative estimate of drug-likeness (QED) is 0.143. The number of hydrogen-bond donors (Lipinski definition) is 6. The van der Waals surface area contributed by atoms with E-state index >= 15 is 0 Å². The van der Waals surface area contributed by atoms with E-state index in [9.17, 15) is 17.8 Å². The lowest BCUT2D eigenvalue weighted by Gasteiger charge is -1.94. The third-order valence-electron chi connectivity index (χ3n) is 1.39. The molecule has 0 saturated heterocycles. The average molecular weight is 418 g/mol. The predicted octanol–water partition coefficient (Wildman–Crippen LogP) is 0.931. The number of aliphatic carboxylic acids is 1. The van der Waals surface area contributed by atoms with Gasteiger partial charge in [-0.25, -0.2) is 0 Å². The van der Waals surface area contributed by atoms with Crippen LogP contribution in [-0.4, -0.2) is 62.3 Å². The van der Waals surface area contributed by atoms with Crippen molar-refractivity contribution in [3.63, 3.8) is 0 Å². The number of carboxylic acid groups (broad SMARTS) is 1. The van der Waals surface area contributed by atoms with Crippen molar-refractivity contribution < 1.29 is 47.4 Å². The highest BCUT2D eigenvalue weighted by Crippen LogP contribution is 2.33. The van der Waals surface area contributed by atoms with Crippen LogP contribution in [0.15, 0.2) is 50.6 Å². The molecule has 12 heteroatoms. The third kappa shape index (κ3) is 66.7. The maximum absolute atomic E-state index is 9.85. The number of aliphatic hydroxyl groups is 2. The molecule has 0 aromatic carbocycles. The van der Waals surface area contributed by atoms with Gasteiger partial charge in [0.2, 0.25) is 0 Å². The van der Waals surface area contributed by atoms with Gasteiger partial charge in [0.25, 0.3) is 10.1 Å². The van der Waals surface area contributed by atoms with E-state index in [1.807, 2.05) is 0 Å². The fourth-order valence-electron chi connectivity index (χ4n) is 0.590. The summed E-state index contributed by atoms with van der Waals surface area (Å²) in [5, 5.41) is 23.9. The molecule has 0 spiro atoms. The summed E-state index contributed by atoms with van der Waals surface area (Å²) in [6.45, 7) is 12.8. The van der Waals surface area contributed by atoms with Crippen molar-refractivity contribution in [1.29, 1.82) is 0 Å². The first-order valence-corrected chi connectivity index (χ1v) is 10.1. The first-order valence-electron chi connectivity index (χ1n) is 6.68. The molecular weight excluding hydrogens is 391 g/mol. The van der Waals surface area contributed by atoms with Gasteiger partial charge in [0, 0.05) is 6.42 Å². The summed E-state index contributed by atoms with van der Waals surface area (Å²) < 4.78 is 37.2. The lowest BCUT2D eigenvalue weighted by Crippen LogP contribution is -1.99. The first-order chi connectivity index (χ1) is 11.7. The fraction of sp³-hybridized carbons (Fsp3) is 0.357. The summed E-state index contributed by atoms with van der Waals surface area (Å²) >= 11 is 0. The molecule has 0 amide bonds. The average Bonchev–Trinajstić information content (AvgIpc) is 2.37. The van der Waals surface area contributed by atoms with E-state index in [-0.39, 0.29) is 24.8 Å². The molecule has 0 aromatic rings. The van der Waals surface area contributed by atoms with Crippen molar-refractivity contribution in [1.82, 2.24) is 0 Å². The monoisotopic (exact) mass is 418 g/mol. The molecule has 0 unspecified atom stereocenters. The Kier molecular flexibility index (Phi) is 24.4. The molecule has 6 N–H and O–H groups in total. The Balaban J connectivity index is -0.000000124. The molecule has 0 fully saturated rings. The highest BCUT2D eigenvalue weighted by Gasteiger charge is 2.06. The van der Waals surface area contributed by atoms with Crippen molar-refractivity contribution >= 4 is 23.7 Å². The molecule has 0 aromatic heterocycles. The zero-order chi connectivity index (χ0) is 21.8. The maximum atomic E-state index is 9.85. The van der Waals surface area contributed by atoms with Crippen LogP contribution in [0.5, 0.6) is 0 Å². The van der Waals surface area contributed by atoms with Crippen LogP contribution in [0.1, 0.15) is 12.8 Å². The lowest BCUT2D eigenvalue weighted by molar-refractivity contribution is -0.136. The van der Waals surface area contributed by atoms with E-state index in [4.69, 9.17) is 29.7 Å². The van der Waals surface area contributed by atoms with Gasteiger partial charge < -0.3 is 25.1 Å². The molecule has 0 radical (unpaired) electrons. The zero-order valence-corrected chi connectivity index (χ0v) is 15.9. The Morgan fingerprint density at radius 1 is 1.00 bits per heavy atom. The van der Waals surface area contributed by atoms with Crippen molar-refractivity contribution in [2.24, 2.45) is 0 Å². The van der Waals surface area contributed by atoms with Gasteiger partial charge in [0.15, 0.2) is 6.29 Å². The Labute approximate surface area is 153 Å². The largest absolute Gasteiger partial charge is 0.481 e. The van der Waals surface area contributed by atoms with Crippen LogP contribution < -0.4 is 0 Å². The second-order valence-electron chi connectivity index (χ2n) is 4.06. The maximum Gasteiger partial charge on any atom is 0.329 e. The van der Waals surface area contributed by atoms with E-state index in [1.54, 1.807) is 0 Å². The molecule has 0 aliphatic carbocycles. The van der Waals surface area contributed by atoms with Gasteiger partial charge in [-0.3, -0.25) is 13.9 Å². The van der Waals surface area contributed by atoms with Gasteiger partial charge in [-0.2, -0.15) is 8.42 Å². The minimum absolute atomic E-state index is 0.0556. The summed E-state index contributed by atoms with van der Waals surface area (Å²) in [5.41, 5.74) is 0. The standard InChI is InChI=1S/C4H8O2.C4H6O2.C3H7O3P.C3H6O3S/c2*1-2-3-4(5)6;2*1-2-3-7(4,5)6/h2,4-6H,1,3H2;2H,1,3H2,(H,5,6);2H,1,3H2,(H2,4,5,6);2H,1,3H2,(H,4,5,6). The number of aliphatic hydroxyl groups excluding tert-OH is 1. The van der Waals surface area contributed by atoms with Crippen LogP contribution in [0, 0.1) is 0 Å². The smallest absolute Gasteiger partial charge is 0.329 e. The summed E-state index contributed by atoms with van der Waals surface area (Å²) in [4.78, 5) is 25.6. The van der Waals surface area contributed by atoms with E-state index in [1.165, 1.54) is 18.2 Å². The van der Waals surface area contributed by atoms with E-state index in [0.29, 0.717) is 0 Å². The first kappa shape index (κ1) is 32.1. The third-order valence-corrected chi connectivity index (χ3v) is 2.78. The molecule has 10 nitrogen and oxygen atoms in total. The van der Waals surface area contributed by atoms with Crippen LogP contribution in [0.3, 0.4) is 0 Å². The molecular formula is C14H27O10PS. The van der Waals surface area contributed by atoms with Crippen LogP contribution in [0.4, 0.5) is 0 Å². The van der Waals surface area contributed by atoms with E-state index < -0.39 is 30.0 Å². The van der Waals surface area contributed by atoms with Gasteiger partial charge >= 0.3 is 13.6 Å². The molecule has 0 aliphatic rings. The fourth-order valence-corrected chi connectivity index (χ4v) is 1.22. The Bertz CT molecular complexity index is 548. The van der Waals surface area contributed by atoms with Crippen LogP contribution >= 0.6 is 7.60 Å². The zero-order valence-electron chi connectivity index (χ0n) is 14.2. The van der Waals surface area contributed by atoms with Gasteiger partial charge in [-0.1, -0.05) is 24.3 Å². The predicted molar refractivity (Wildman–Crippen MR) is 99.2 cm³/mol. The number of allylic oxidation sites excluding steroid dienone is 1. The minimum atomic E-state index is -3.79. The Hall–Kier alpha value is -1.59. The summed E-state index contributed by atoms with van der Waals surface area (Å²) in [5.74, 6) is -1.20. The highest BCUT2D eigenvalue weighted by molar-refractivity contribution is 7.85. The highest BCUT2D eigenvalue weighted by atomic mass is 32.2. The summed E-state index contributed by atoms with van der Waals surface area (Å²) in [7, 11) is -7.58. The number of carbonyl (C=O) groups is 1. The second kappa shape index (κ2) is 19.7. The van der Waals surface area contributed by atoms with Crippen molar-refractivity contribution in [2.45, 2.75) is 19.1 Å². The topological polar surface area (TPSA) is 190 Å². The van der Waals surface area contributed by atoms with Crippen LogP contribution in [-0.2, 0) is 19.5 Å². The SMILES string of the molecule is C=CCC(=O)O.C=CCC(O)O.C=CCP(=O)(O)O.C=CCS(=O)(=O)O. The molecule has 0 bridgehead atoms. The van der Waals surface area contributed by atoms with Gasteiger partial charge in [0.1, 0.15) is 0 Å². The van der Waals surface area contributed by atoms with Crippen LogP contribution in [0.2, 0.25) is 0 Å². The van der Waals surface area contributed by atoms with Crippen molar-refractivity contribution in [3.05, 3.63) is 50.6 Å². The van der Waals surface area contributed by atoms with Crippen LogP contribution in [0.25, 0.3) is 0 Å². The Morgan fingerprint density at radius 3 is 1.46 bits per heavy atom. The number of rotatable bonds is 8. The molecule has 0 aliphatic heterocycles. The Morgan fingerprint density at radius 2 is 1.46 bits per heavy atom. The molecule has 0 saturated carbocycles. The second-order valence-corrected chi connectivity index (χ2v) is 7.26. The minimum Gasteiger partial charge on any atom is -0.481 e. The van der Waals surface area contributed by atoms with Crippen molar-refractivity contribution in [2.75, 3.05) is 11.9 Å². The molecule has 0 atom stereocenters. The van der Waals surface area contributed by atoms with E-state index in [2.05, 4.69) is 26.3 Å². The van der Waals surface area contributed by atoms with Gasteiger partial charge in [-0.15, -0.1) is 26.3 Å². The number of carboxylic acids is 1. The van der Waals surface area contributed by atoms with E-state index in [0.717, 1.165) is 6.08 Å². The molecule has 0 rings (SSSR count). The lowest BCUT2D eigenvalue weighted by atomic mass is 10.4. The van der Waals surface area contributed by atoms with Crippen molar-refractivity contribution in [3.8, 4) is 0 Å². The van der Waals surface area contributed by atoms with Gasteiger partial charge in [0.05, 0.1) is 18.3 Å².